The average molecular weight is 1080 g/mol. The average Bonchev–Trinajstić information content (AvgIpc) is 3.38. The zero-order valence-electron chi connectivity index (χ0n) is 50.0. The third kappa shape index (κ3) is 55.7. The zero-order chi connectivity index (χ0) is 55.7. The molecule has 0 aromatic carbocycles. The lowest BCUT2D eigenvalue weighted by atomic mass is 10.0. The molecular formula is C66H118N2O7P+. The van der Waals surface area contributed by atoms with Crippen molar-refractivity contribution >= 4 is 19.7 Å². The molecule has 438 valence electrons. The van der Waals surface area contributed by atoms with E-state index in [-0.39, 0.29) is 31.5 Å². The molecule has 0 heterocycles. The summed E-state index contributed by atoms with van der Waals surface area (Å²) in [5, 5.41) is 3.04. The van der Waals surface area contributed by atoms with Gasteiger partial charge < -0.3 is 19.4 Å². The normalized spacial score (nSPS) is 14.4. The van der Waals surface area contributed by atoms with E-state index in [1.807, 2.05) is 33.3 Å². The molecule has 1 amide bonds. The first kappa shape index (κ1) is 72.9. The summed E-state index contributed by atoms with van der Waals surface area (Å²) in [6.45, 7) is 6.86. The standard InChI is InChI=1S/C66H117N2O7P/c1-7-10-13-16-19-22-25-28-29-30-31-32-33-34-35-36-37-38-39-41-43-46-49-52-55-58-65(69)67-63(62-74-76(71,72)73-61-60-68(4,5)6)64(57-54-51-48-45-42-27-24-21-18-15-12-9-3)75-66(70)59-56-53-50-47-44-40-26-23-20-17-14-11-8-2/h10,13,19,22,28-29,31-32,34-35,37-38,40,44,54,57,63-64H,7-9,11-12,14-18,20-21,23-27,30,33,36,39,41-43,45-53,55-56,58-62H2,1-6H3,(H-,67,69,71,72)/p+1/b13-10-,22-19-,29-28-,32-31-,35-34-,38-37-,44-40-,57-54-. The minimum absolute atomic E-state index is 0.0307. The maximum Gasteiger partial charge on any atom is 0.472 e. The summed E-state index contributed by atoms with van der Waals surface area (Å²) in [5.41, 5.74) is 0. The van der Waals surface area contributed by atoms with Gasteiger partial charge in [0, 0.05) is 12.8 Å². The van der Waals surface area contributed by atoms with Crippen molar-refractivity contribution in [1.29, 1.82) is 0 Å². The van der Waals surface area contributed by atoms with Crippen molar-refractivity contribution in [1.82, 2.24) is 5.32 Å². The van der Waals surface area contributed by atoms with E-state index in [1.54, 1.807) is 0 Å². The highest BCUT2D eigenvalue weighted by Crippen LogP contribution is 2.43. The van der Waals surface area contributed by atoms with Crippen LogP contribution in [0.4, 0.5) is 0 Å². The summed E-state index contributed by atoms with van der Waals surface area (Å²) in [7, 11) is 1.47. The Morgan fingerprint density at radius 3 is 1.29 bits per heavy atom. The van der Waals surface area contributed by atoms with Gasteiger partial charge in [-0.05, 0) is 109 Å². The summed E-state index contributed by atoms with van der Waals surface area (Å²) in [5.74, 6) is -0.544. The van der Waals surface area contributed by atoms with E-state index in [1.165, 1.54) is 89.9 Å². The van der Waals surface area contributed by atoms with Crippen molar-refractivity contribution in [3.8, 4) is 0 Å². The molecule has 0 spiro atoms. The van der Waals surface area contributed by atoms with Crippen molar-refractivity contribution in [3.05, 3.63) is 97.2 Å². The van der Waals surface area contributed by atoms with Gasteiger partial charge in [-0.25, -0.2) is 4.57 Å². The second-order valence-corrected chi connectivity index (χ2v) is 23.3. The Kier molecular flexibility index (Phi) is 53.0. The van der Waals surface area contributed by atoms with Gasteiger partial charge in [-0.3, -0.25) is 18.6 Å². The Morgan fingerprint density at radius 2 is 0.842 bits per heavy atom. The number of rotatable bonds is 55. The first-order chi connectivity index (χ1) is 36.9. The van der Waals surface area contributed by atoms with E-state index in [9.17, 15) is 19.0 Å². The van der Waals surface area contributed by atoms with Gasteiger partial charge >= 0.3 is 13.8 Å². The second kappa shape index (κ2) is 55.3. The number of unbranched alkanes of at least 4 members (excludes halogenated alkanes) is 25. The van der Waals surface area contributed by atoms with Gasteiger partial charge in [0.2, 0.25) is 5.91 Å². The number of likely N-dealkylation sites (N-methyl/N-ethyl adjacent to an activating group) is 1. The molecule has 0 radical (unpaired) electrons. The van der Waals surface area contributed by atoms with Gasteiger partial charge in [-0.1, -0.05) is 234 Å². The van der Waals surface area contributed by atoms with Crippen LogP contribution in [0.1, 0.15) is 258 Å². The molecule has 0 aromatic rings. The fourth-order valence-corrected chi connectivity index (χ4v) is 9.20. The van der Waals surface area contributed by atoms with Crippen molar-refractivity contribution in [2.45, 2.75) is 270 Å². The Bertz CT molecular complexity index is 1620. The SMILES string of the molecule is CC/C=C\C/C=C\C/C=C\C/C=C\C/C=C\C/C=C\CCCCCCCCC(=O)NC(COP(=O)(O)OCC[N+](C)(C)C)C(/C=C\CCCCCCCCCCCC)OC(=O)CCCCC/C=C\CCCCCCCC. The zero-order valence-corrected chi connectivity index (χ0v) is 50.9. The number of hydrogen-bond donors (Lipinski definition) is 2. The number of esters is 1. The molecule has 0 bridgehead atoms. The Balaban J connectivity index is 5.22. The van der Waals surface area contributed by atoms with Crippen molar-refractivity contribution in [3.63, 3.8) is 0 Å². The number of quaternary nitrogens is 1. The number of carbonyl (C=O) groups excluding carboxylic acids is 2. The topological polar surface area (TPSA) is 111 Å². The van der Waals surface area contributed by atoms with E-state index >= 15 is 0 Å². The molecule has 0 rings (SSSR count). The quantitative estimate of drug-likeness (QED) is 0.0205. The minimum atomic E-state index is -4.46. The molecule has 76 heavy (non-hydrogen) atoms. The summed E-state index contributed by atoms with van der Waals surface area (Å²) < 4.78 is 30.6. The third-order valence-corrected chi connectivity index (χ3v) is 14.2. The van der Waals surface area contributed by atoms with Gasteiger partial charge in [-0.2, -0.15) is 0 Å². The van der Waals surface area contributed by atoms with Crippen LogP contribution < -0.4 is 5.32 Å². The molecule has 0 aliphatic carbocycles. The van der Waals surface area contributed by atoms with E-state index in [4.69, 9.17) is 13.8 Å². The molecule has 0 saturated heterocycles. The van der Waals surface area contributed by atoms with Crippen LogP contribution in [-0.4, -0.2) is 74.3 Å². The summed E-state index contributed by atoms with van der Waals surface area (Å²) in [6.07, 6.45) is 74.0. The molecule has 0 aliphatic rings. The number of nitrogens with zero attached hydrogens (tertiary/aromatic N) is 1. The molecule has 3 unspecified atom stereocenters. The number of phosphoric acid groups is 1. The van der Waals surface area contributed by atoms with Crippen LogP contribution in [0.25, 0.3) is 0 Å². The lowest BCUT2D eigenvalue weighted by molar-refractivity contribution is -0.870. The van der Waals surface area contributed by atoms with Gasteiger partial charge in [0.05, 0.1) is 33.8 Å². The Labute approximate surface area is 468 Å². The molecule has 10 heteroatoms. The van der Waals surface area contributed by atoms with Gasteiger partial charge in [0.1, 0.15) is 19.3 Å². The highest BCUT2D eigenvalue weighted by molar-refractivity contribution is 7.47. The monoisotopic (exact) mass is 1080 g/mol. The summed E-state index contributed by atoms with van der Waals surface area (Å²) in [4.78, 5) is 37.7. The van der Waals surface area contributed by atoms with E-state index in [0.29, 0.717) is 23.9 Å². The van der Waals surface area contributed by atoms with E-state index in [2.05, 4.69) is 111 Å². The van der Waals surface area contributed by atoms with Crippen molar-refractivity contribution in [2.75, 3.05) is 40.9 Å². The number of nitrogens with one attached hydrogen (secondary N) is 1. The molecule has 0 fully saturated rings. The maximum atomic E-state index is 13.5. The highest BCUT2D eigenvalue weighted by atomic mass is 31.2. The predicted molar refractivity (Wildman–Crippen MR) is 327 cm³/mol. The molecule has 2 N–H and O–H groups in total. The number of ether oxygens (including phenoxy) is 1. The Morgan fingerprint density at radius 1 is 0.474 bits per heavy atom. The van der Waals surface area contributed by atoms with Crippen LogP contribution in [0.15, 0.2) is 97.2 Å². The van der Waals surface area contributed by atoms with Crippen LogP contribution in [-0.2, 0) is 27.9 Å². The second-order valence-electron chi connectivity index (χ2n) is 21.8. The van der Waals surface area contributed by atoms with E-state index < -0.39 is 20.0 Å². The number of hydrogen-bond acceptors (Lipinski definition) is 6. The van der Waals surface area contributed by atoms with Crippen LogP contribution in [0.5, 0.6) is 0 Å². The fraction of sp³-hybridized carbons (Fsp3) is 0.727. The largest absolute Gasteiger partial charge is 0.472 e. The smallest absolute Gasteiger partial charge is 0.456 e. The summed E-state index contributed by atoms with van der Waals surface area (Å²) >= 11 is 0. The first-order valence-corrected chi connectivity index (χ1v) is 32.6. The molecule has 0 aliphatic heterocycles. The molecule has 0 saturated carbocycles. The van der Waals surface area contributed by atoms with Crippen LogP contribution in [0.2, 0.25) is 0 Å². The lowest BCUT2D eigenvalue weighted by Crippen LogP contribution is -2.47. The van der Waals surface area contributed by atoms with Crippen molar-refractivity contribution < 1.29 is 37.3 Å². The highest BCUT2D eigenvalue weighted by Gasteiger charge is 2.30. The van der Waals surface area contributed by atoms with Crippen LogP contribution >= 0.6 is 7.82 Å². The van der Waals surface area contributed by atoms with Gasteiger partial charge in [0.25, 0.3) is 0 Å². The summed E-state index contributed by atoms with van der Waals surface area (Å²) in [6, 6.07) is -0.867. The number of carbonyl (C=O) groups is 2. The first-order valence-electron chi connectivity index (χ1n) is 31.1. The third-order valence-electron chi connectivity index (χ3n) is 13.3. The van der Waals surface area contributed by atoms with Gasteiger partial charge in [0.15, 0.2) is 0 Å². The molecular weight excluding hydrogens is 964 g/mol. The number of amides is 1. The molecule has 9 nitrogen and oxygen atoms in total. The number of allylic oxidation sites excluding steroid dienone is 15. The minimum Gasteiger partial charge on any atom is -0.456 e. The van der Waals surface area contributed by atoms with Crippen molar-refractivity contribution in [2.24, 2.45) is 0 Å². The van der Waals surface area contributed by atoms with Gasteiger partial charge in [-0.15, -0.1) is 0 Å². The predicted octanol–water partition coefficient (Wildman–Crippen LogP) is 19.2. The Hall–Kier alpha value is -3.07. The fourth-order valence-electron chi connectivity index (χ4n) is 8.47. The van der Waals surface area contributed by atoms with Crippen LogP contribution in [0.3, 0.4) is 0 Å². The molecule has 3 atom stereocenters. The maximum absolute atomic E-state index is 13.5. The lowest BCUT2D eigenvalue weighted by Gasteiger charge is -2.27. The van der Waals surface area contributed by atoms with Crippen LogP contribution in [0, 0.1) is 0 Å². The number of phosphoric ester groups is 1. The van der Waals surface area contributed by atoms with E-state index in [0.717, 1.165) is 128 Å². The molecule has 0 aromatic heterocycles.